The summed E-state index contributed by atoms with van der Waals surface area (Å²) in [6.45, 7) is 0. The van der Waals surface area contributed by atoms with Crippen molar-refractivity contribution in [1.82, 2.24) is 0 Å². The summed E-state index contributed by atoms with van der Waals surface area (Å²) in [4.78, 5) is 23.1. The highest BCUT2D eigenvalue weighted by Crippen LogP contribution is 2.39. The summed E-state index contributed by atoms with van der Waals surface area (Å²) in [6, 6.07) is 14.8. The van der Waals surface area contributed by atoms with Gasteiger partial charge in [-0.3, -0.25) is 0 Å². The lowest BCUT2D eigenvalue weighted by Gasteiger charge is -2.09. The number of nitrogens with one attached hydrogen (secondary N) is 1. The zero-order valence-corrected chi connectivity index (χ0v) is 14.4. The number of anilines is 2. The van der Waals surface area contributed by atoms with Gasteiger partial charge in [0.15, 0.2) is 5.58 Å². The van der Waals surface area contributed by atoms with E-state index in [-0.39, 0.29) is 22.3 Å². The van der Waals surface area contributed by atoms with E-state index in [9.17, 15) is 19.8 Å². The Bertz CT molecular complexity index is 1230. The van der Waals surface area contributed by atoms with Gasteiger partial charge in [-0.1, -0.05) is 29.8 Å². The highest BCUT2D eigenvalue weighted by Gasteiger charge is 2.22. The van der Waals surface area contributed by atoms with Crippen LogP contribution >= 0.6 is 11.6 Å². The lowest BCUT2D eigenvalue weighted by atomic mass is 10.0. The molecule has 4 aromatic rings. The fourth-order valence-electron chi connectivity index (χ4n) is 3.06. The molecule has 0 amide bonds. The van der Waals surface area contributed by atoms with Crippen molar-refractivity contribution >= 4 is 56.9 Å². The summed E-state index contributed by atoms with van der Waals surface area (Å²) in [6.07, 6.45) is 0. The smallest absolute Gasteiger partial charge is 0.339 e. The average molecular weight is 382 g/mol. The molecule has 0 bridgehead atoms. The van der Waals surface area contributed by atoms with Crippen LogP contribution < -0.4 is 5.32 Å². The number of carboxylic acid groups (broad SMARTS) is 2. The van der Waals surface area contributed by atoms with Crippen LogP contribution in [0.25, 0.3) is 21.9 Å². The Morgan fingerprint density at radius 2 is 1.59 bits per heavy atom. The minimum atomic E-state index is -1.16. The molecule has 1 heterocycles. The monoisotopic (exact) mass is 381 g/mol. The Kier molecular flexibility index (Phi) is 3.97. The zero-order valence-electron chi connectivity index (χ0n) is 13.7. The van der Waals surface area contributed by atoms with Crippen LogP contribution in [0.3, 0.4) is 0 Å². The van der Waals surface area contributed by atoms with Gasteiger partial charge in [-0.2, -0.15) is 0 Å². The van der Waals surface area contributed by atoms with Gasteiger partial charge in [-0.25, -0.2) is 9.59 Å². The second-order valence-electron chi connectivity index (χ2n) is 5.89. The number of hydrogen-bond acceptors (Lipinski definition) is 4. The summed E-state index contributed by atoms with van der Waals surface area (Å²) in [7, 11) is 0. The Morgan fingerprint density at radius 3 is 2.30 bits per heavy atom. The van der Waals surface area contributed by atoms with Crippen LogP contribution in [0.5, 0.6) is 0 Å². The number of hydrogen-bond donors (Lipinski definition) is 3. The molecule has 0 aliphatic rings. The summed E-state index contributed by atoms with van der Waals surface area (Å²) >= 11 is 6.02. The molecule has 1 aromatic heterocycles. The van der Waals surface area contributed by atoms with Gasteiger partial charge in [0.25, 0.3) is 0 Å². The molecular formula is C20H12ClNO5. The first-order valence-electron chi connectivity index (χ1n) is 7.93. The maximum Gasteiger partial charge on any atom is 0.339 e. The molecule has 4 rings (SSSR count). The average Bonchev–Trinajstić information content (AvgIpc) is 3.01. The number of carboxylic acids is 2. The van der Waals surface area contributed by atoms with Crippen molar-refractivity contribution in [1.29, 1.82) is 0 Å². The van der Waals surface area contributed by atoms with E-state index in [1.807, 2.05) is 6.07 Å². The van der Waals surface area contributed by atoms with Gasteiger partial charge < -0.3 is 19.9 Å². The molecule has 3 aromatic carbocycles. The third-order valence-electron chi connectivity index (χ3n) is 4.21. The number of para-hydroxylation sites is 1. The minimum absolute atomic E-state index is 0.0336. The van der Waals surface area contributed by atoms with Crippen LogP contribution in [-0.2, 0) is 0 Å². The first kappa shape index (κ1) is 16.9. The molecule has 3 N–H and O–H groups in total. The third kappa shape index (κ3) is 2.86. The standard InChI is InChI=1S/C20H12ClNO5/c21-10-3-1-4-11(9-10)22-15-8-7-14(20(25)26)18-16(15)12-5-2-6-13(19(23)24)17(12)27-18/h1-9,22H,(H,23,24)(H,25,26). The van der Waals surface area contributed by atoms with Gasteiger partial charge in [0.05, 0.1) is 11.1 Å². The molecule has 134 valence electrons. The Balaban J connectivity index is 2.04. The SMILES string of the molecule is O=C(O)c1cccc2c1oc1c(C(=O)O)ccc(Nc3cccc(Cl)c3)c12. The maximum absolute atomic E-state index is 11.6. The molecule has 0 saturated carbocycles. The van der Waals surface area contributed by atoms with Crippen LogP contribution in [0.15, 0.2) is 59.0 Å². The van der Waals surface area contributed by atoms with E-state index in [1.54, 1.807) is 36.4 Å². The number of rotatable bonds is 4. The molecule has 6 nitrogen and oxygen atoms in total. The van der Waals surface area contributed by atoms with Crippen LogP contribution in [0.2, 0.25) is 5.02 Å². The van der Waals surface area contributed by atoms with Crippen molar-refractivity contribution in [2.45, 2.75) is 0 Å². The molecule has 27 heavy (non-hydrogen) atoms. The fraction of sp³-hybridized carbons (Fsp3) is 0. The van der Waals surface area contributed by atoms with Crippen LogP contribution in [0, 0.1) is 0 Å². The fourth-order valence-corrected chi connectivity index (χ4v) is 3.25. The molecule has 7 heteroatoms. The quantitative estimate of drug-likeness (QED) is 0.439. The first-order chi connectivity index (χ1) is 13.0. The molecule has 0 aliphatic carbocycles. The molecule has 0 radical (unpaired) electrons. The highest BCUT2D eigenvalue weighted by atomic mass is 35.5. The number of halogens is 1. The summed E-state index contributed by atoms with van der Waals surface area (Å²) in [5, 5.41) is 23.7. The normalized spacial score (nSPS) is 11.0. The second kappa shape index (κ2) is 6.34. The highest BCUT2D eigenvalue weighted by molar-refractivity contribution is 6.30. The molecule has 0 spiro atoms. The molecular weight excluding hydrogens is 370 g/mol. The van der Waals surface area contributed by atoms with E-state index >= 15 is 0 Å². The van der Waals surface area contributed by atoms with Crippen molar-refractivity contribution in [2.75, 3.05) is 5.32 Å². The summed E-state index contributed by atoms with van der Waals surface area (Å²) in [5.41, 5.74) is 1.44. The predicted octanol–water partition coefficient (Wildman–Crippen LogP) is 5.38. The Morgan fingerprint density at radius 1 is 0.889 bits per heavy atom. The van der Waals surface area contributed by atoms with Crippen LogP contribution in [0.4, 0.5) is 11.4 Å². The van der Waals surface area contributed by atoms with Crippen molar-refractivity contribution < 1.29 is 24.2 Å². The van der Waals surface area contributed by atoms with E-state index in [4.69, 9.17) is 16.0 Å². The van der Waals surface area contributed by atoms with Crippen LogP contribution in [0.1, 0.15) is 20.7 Å². The van der Waals surface area contributed by atoms with Crippen molar-refractivity contribution in [2.24, 2.45) is 0 Å². The van der Waals surface area contributed by atoms with Gasteiger partial charge in [0, 0.05) is 16.1 Å². The van der Waals surface area contributed by atoms with Crippen LogP contribution in [-0.4, -0.2) is 22.2 Å². The predicted molar refractivity (Wildman–Crippen MR) is 102 cm³/mol. The lowest BCUT2D eigenvalue weighted by Crippen LogP contribution is -1.98. The van der Waals surface area contributed by atoms with Gasteiger partial charge in [0.1, 0.15) is 16.7 Å². The molecule has 0 fully saturated rings. The van der Waals surface area contributed by atoms with E-state index in [2.05, 4.69) is 5.32 Å². The van der Waals surface area contributed by atoms with Crippen molar-refractivity contribution in [3.8, 4) is 0 Å². The number of aromatic carboxylic acids is 2. The largest absolute Gasteiger partial charge is 0.478 e. The summed E-state index contributed by atoms with van der Waals surface area (Å²) < 4.78 is 5.71. The van der Waals surface area contributed by atoms with E-state index in [0.717, 1.165) is 0 Å². The van der Waals surface area contributed by atoms with Gasteiger partial charge in [-0.15, -0.1) is 0 Å². The number of benzene rings is 3. The van der Waals surface area contributed by atoms with Crippen molar-refractivity contribution in [3.63, 3.8) is 0 Å². The van der Waals surface area contributed by atoms with Crippen molar-refractivity contribution in [3.05, 3.63) is 70.7 Å². The zero-order chi connectivity index (χ0) is 19.1. The molecule has 0 aliphatic heterocycles. The molecule has 0 saturated heterocycles. The Labute approximate surface area is 157 Å². The third-order valence-corrected chi connectivity index (χ3v) is 4.45. The number of carbonyl (C=O) groups is 2. The van der Waals surface area contributed by atoms with E-state index in [0.29, 0.717) is 27.2 Å². The first-order valence-corrected chi connectivity index (χ1v) is 8.31. The van der Waals surface area contributed by atoms with Gasteiger partial charge >= 0.3 is 11.9 Å². The van der Waals surface area contributed by atoms with E-state index < -0.39 is 11.9 Å². The second-order valence-corrected chi connectivity index (χ2v) is 6.33. The summed E-state index contributed by atoms with van der Waals surface area (Å²) in [5.74, 6) is -2.31. The number of furan rings is 1. The maximum atomic E-state index is 11.6. The van der Waals surface area contributed by atoms with Gasteiger partial charge in [0.2, 0.25) is 0 Å². The topological polar surface area (TPSA) is 99.8 Å². The lowest BCUT2D eigenvalue weighted by molar-refractivity contribution is 0.0688. The Hall–Kier alpha value is -3.51. The molecule has 0 unspecified atom stereocenters. The minimum Gasteiger partial charge on any atom is -0.478 e. The number of fused-ring (bicyclic) bond motifs is 3. The van der Waals surface area contributed by atoms with Gasteiger partial charge in [-0.05, 0) is 36.4 Å². The van der Waals surface area contributed by atoms with E-state index in [1.165, 1.54) is 12.1 Å². The molecule has 0 atom stereocenters.